The Morgan fingerprint density at radius 3 is 2.38 bits per heavy atom. The summed E-state index contributed by atoms with van der Waals surface area (Å²) in [6.45, 7) is 5.66. The molecule has 7 heteroatoms. The van der Waals surface area contributed by atoms with E-state index in [1.807, 2.05) is 45.0 Å². The smallest absolute Gasteiger partial charge is 0.312 e. The highest BCUT2D eigenvalue weighted by Crippen LogP contribution is 2.36. The molecule has 1 saturated heterocycles. The maximum absolute atomic E-state index is 13.9. The van der Waals surface area contributed by atoms with Gasteiger partial charge in [0.2, 0.25) is 0 Å². The van der Waals surface area contributed by atoms with Gasteiger partial charge in [0.1, 0.15) is 5.82 Å². The number of carbonyl (C=O) groups is 1. The molecule has 1 aliphatic rings. The molecule has 0 aliphatic carbocycles. The predicted molar refractivity (Wildman–Crippen MR) is 122 cm³/mol. The summed E-state index contributed by atoms with van der Waals surface area (Å²) in [6, 6.07) is 19.0. The molecule has 2 amide bonds. The Morgan fingerprint density at radius 2 is 1.69 bits per heavy atom. The molecule has 32 heavy (non-hydrogen) atoms. The molecule has 1 heterocycles. The van der Waals surface area contributed by atoms with Gasteiger partial charge in [-0.15, -0.1) is 0 Å². The zero-order chi connectivity index (χ0) is 23.0. The van der Waals surface area contributed by atoms with Crippen LogP contribution in [0.4, 0.5) is 9.18 Å². The lowest BCUT2D eigenvalue weighted by Crippen LogP contribution is -2.39. The van der Waals surface area contributed by atoms with Crippen LogP contribution in [0.15, 0.2) is 77.7 Å². The predicted octanol–water partition coefficient (Wildman–Crippen LogP) is 5.38. The van der Waals surface area contributed by atoms with E-state index in [2.05, 4.69) is 0 Å². The average Bonchev–Trinajstić information content (AvgIpc) is 3.14. The number of urea groups is 1. The summed E-state index contributed by atoms with van der Waals surface area (Å²) in [4.78, 5) is 14.9. The molecular weight excluding hydrogens is 427 g/mol. The Morgan fingerprint density at radius 1 is 0.969 bits per heavy atom. The number of halogens is 1. The summed E-state index contributed by atoms with van der Waals surface area (Å²) >= 11 is 0. The SMILES string of the molecule is Cc1ccc(F)cc1-c1cccc(C2CN(S(=O)(=O)c3ccccc3)C(=O)N2C(C)C)c1. The van der Waals surface area contributed by atoms with Crippen molar-refractivity contribution in [1.82, 2.24) is 9.21 Å². The molecular formula is C25H25FN2O3S. The van der Waals surface area contributed by atoms with Gasteiger partial charge in [-0.2, -0.15) is 0 Å². The first-order valence-electron chi connectivity index (χ1n) is 10.5. The van der Waals surface area contributed by atoms with E-state index in [0.29, 0.717) is 0 Å². The first kappa shape index (κ1) is 22.0. The second-order valence-corrected chi connectivity index (χ2v) is 10.1. The van der Waals surface area contributed by atoms with Gasteiger partial charge in [0.05, 0.1) is 17.5 Å². The molecule has 4 rings (SSSR count). The van der Waals surface area contributed by atoms with Crippen molar-refractivity contribution >= 4 is 16.1 Å². The Hall–Kier alpha value is -3.19. The lowest BCUT2D eigenvalue weighted by atomic mass is 9.96. The summed E-state index contributed by atoms with van der Waals surface area (Å²) in [7, 11) is -3.98. The minimum absolute atomic E-state index is 0.0137. The van der Waals surface area contributed by atoms with E-state index >= 15 is 0 Å². The van der Waals surface area contributed by atoms with Gasteiger partial charge in [-0.3, -0.25) is 0 Å². The highest BCUT2D eigenvalue weighted by molar-refractivity contribution is 7.89. The van der Waals surface area contributed by atoms with Crippen LogP contribution in [-0.2, 0) is 10.0 Å². The fourth-order valence-corrected chi connectivity index (χ4v) is 5.56. The number of aryl methyl sites for hydroxylation is 1. The van der Waals surface area contributed by atoms with E-state index in [9.17, 15) is 17.6 Å². The lowest BCUT2D eigenvalue weighted by molar-refractivity contribution is 0.181. The van der Waals surface area contributed by atoms with E-state index < -0.39 is 22.1 Å². The van der Waals surface area contributed by atoms with Crippen LogP contribution in [0.2, 0.25) is 0 Å². The van der Waals surface area contributed by atoms with Crippen molar-refractivity contribution in [3.05, 3.63) is 89.7 Å². The molecule has 166 valence electrons. The molecule has 0 aromatic heterocycles. The highest BCUT2D eigenvalue weighted by atomic mass is 32.2. The van der Waals surface area contributed by atoms with Gasteiger partial charge in [-0.05, 0) is 73.4 Å². The third-order valence-electron chi connectivity index (χ3n) is 5.78. The molecule has 0 bridgehead atoms. The summed E-state index contributed by atoms with van der Waals surface area (Å²) in [5.74, 6) is -0.323. The maximum Gasteiger partial charge on any atom is 0.334 e. The molecule has 0 saturated carbocycles. The van der Waals surface area contributed by atoms with E-state index in [-0.39, 0.29) is 23.3 Å². The zero-order valence-electron chi connectivity index (χ0n) is 18.2. The van der Waals surface area contributed by atoms with Crippen molar-refractivity contribution in [2.75, 3.05) is 6.54 Å². The van der Waals surface area contributed by atoms with Gasteiger partial charge in [-0.25, -0.2) is 21.9 Å². The van der Waals surface area contributed by atoms with Crippen LogP contribution in [0.25, 0.3) is 11.1 Å². The number of hydrogen-bond donors (Lipinski definition) is 0. The minimum Gasteiger partial charge on any atom is -0.312 e. The van der Waals surface area contributed by atoms with Crippen LogP contribution >= 0.6 is 0 Å². The number of nitrogens with zero attached hydrogens (tertiary/aromatic N) is 2. The number of carbonyl (C=O) groups excluding carboxylic acids is 1. The van der Waals surface area contributed by atoms with Crippen molar-refractivity contribution in [2.45, 2.75) is 37.8 Å². The molecule has 0 N–H and O–H groups in total. The zero-order valence-corrected chi connectivity index (χ0v) is 19.0. The number of rotatable bonds is 5. The summed E-state index contributed by atoms with van der Waals surface area (Å²) < 4.78 is 41.2. The molecule has 1 unspecified atom stereocenters. The first-order chi connectivity index (χ1) is 15.2. The average molecular weight is 453 g/mol. The summed E-state index contributed by atoms with van der Waals surface area (Å²) in [6.07, 6.45) is 0. The quantitative estimate of drug-likeness (QED) is 0.522. The van der Waals surface area contributed by atoms with Crippen molar-refractivity contribution in [1.29, 1.82) is 0 Å². The summed E-state index contributed by atoms with van der Waals surface area (Å²) in [5, 5.41) is 0. The van der Waals surface area contributed by atoms with Gasteiger partial charge < -0.3 is 4.90 Å². The normalized spacial score (nSPS) is 16.8. The number of sulfonamides is 1. The van der Waals surface area contributed by atoms with E-state index in [1.165, 1.54) is 24.3 Å². The number of hydrogen-bond acceptors (Lipinski definition) is 3. The van der Waals surface area contributed by atoms with Gasteiger partial charge >= 0.3 is 6.03 Å². The van der Waals surface area contributed by atoms with Gasteiger partial charge in [0.15, 0.2) is 0 Å². The fourth-order valence-electron chi connectivity index (χ4n) is 4.17. The standard InChI is InChI=1S/C25H25FN2O3S/c1-17(2)28-24(16-27(25(28)29)32(30,31)22-10-5-4-6-11-22)20-9-7-8-19(14-20)23-15-21(26)13-12-18(23)3/h4-15,17,24H,16H2,1-3H3. The minimum atomic E-state index is -3.98. The molecule has 3 aromatic rings. The van der Waals surface area contributed by atoms with E-state index in [0.717, 1.165) is 26.6 Å². The molecule has 1 fully saturated rings. The van der Waals surface area contributed by atoms with Crippen LogP contribution in [0.1, 0.15) is 31.0 Å². The van der Waals surface area contributed by atoms with Crippen LogP contribution in [-0.4, -0.2) is 36.2 Å². The molecule has 0 radical (unpaired) electrons. The van der Waals surface area contributed by atoms with E-state index in [1.54, 1.807) is 29.2 Å². The molecule has 5 nitrogen and oxygen atoms in total. The number of benzene rings is 3. The third-order valence-corrected chi connectivity index (χ3v) is 7.53. The monoisotopic (exact) mass is 452 g/mol. The van der Waals surface area contributed by atoms with Crippen LogP contribution in [0.5, 0.6) is 0 Å². The van der Waals surface area contributed by atoms with Gasteiger partial charge in [0.25, 0.3) is 10.0 Å². The van der Waals surface area contributed by atoms with E-state index in [4.69, 9.17) is 0 Å². The molecule has 1 atom stereocenters. The second-order valence-electron chi connectivity index (χ2n) is 8.23. The molecule has 1 aliphatic heterocycles. The Kier molecular flexibility index (Phi) is 5.77. The second kappa shape index (κ2) is 8.39. The van der Waals surface area contributed by atoms with Crippen LogP contribution < -0.4 is 0 Å². The Labute approximate surface area is 188 Å². The van der Waals surface area contributed by atoms with Gasteiger partial charge in [0, 0.05) is 6.04 Å². The maximum atomic E-state index is 13.9. The van der Waals surface area contributed by atoms with Crippen molar-refractivity contribution in [2.24, 2.45) is 0 Å². The topological polar surface area (TPSA) is 57.7 Å². The van der Waals surface area contributed by atoms with Gasteiger partial charge in [-0.1, -0.05) is 42.5 Å². The third kappa shape index (κ3) is 3.88. The lowest BCUT2D eigenvalue weighted by Gasteiger charge is -2.27. The Bertz CT molecular complexity index is 1260. The highest BCUT2D eigenvalue weighted by Gasteiger charge is 2.45. The number of amides is 2. The van der Waals surface area contributed by atoms with Crippen molar-refractivity contribution in [3.8, 4) is 11.1 Å². The molecule has 3 aromatic carbocycles. The van der Waals surface area contributed by atoms with Crippen molar-refractivity contribution < 1.29 is 17.6 Å². The fraction of sp³-hybridized carbons (Fsp3) is 0.240. The van der Waals surface area contributed by atoms with Crippen LogP contribution in [0.3, 0.4) is 0 Å². The van der Waals surface area contributed by atoms with Crippen LogP contribution in [0, 0.1) is 12.7 Å². The Balaban J connectivity index is 1.75. The largest absolute Gasteiger partial charge is 0.334 e. The summed E-state index contributed by atoms with van der Waals surface area (Å²) in [5.41, 5.74) is 3.32. The van der Waals surface area contributed by atoms with Crippen molar-refractivity contribution in [3.63, 3.8) is 0 Å². The first-order valence-corrected chi connectivity index (χ1v) is 11.9. The molecule has 0 spiro atoms.